The molecule has 0 spiro atoms. The van der Waals surface area contributed by atoms with E-state index in [-0.39, 0.29) is 5.02 Å². The van der Waals surface area contributed by atoms with Gasteiger partial charge in [-0.1, -0.05) is 11.6 Å². The lowest BCUT2D eigenvalue weighted by atomic mass is 10.1. The highest BCUT2D eigenvalue weighted by Crippen LogP contribution is 2.30. The molecule has 4 heteroatoms. The smallest absolute Gasteiger partial charge is 0.140 e. The van der Waals surface area contributed by atoms with Crippen molar-refractivity contribution in [2.24, 2.45) is 0 Å². The number of methoxy groups -OCH3 is 1. The van der Waals surface area contributed by atoms with E-state index in [1.807, 2.05) is 0 Å². The third-order valence-corrected chi connectivity index (χ3v) is 2.09. The summed E-state index contributed by atoms with van der Waals surface area (Å²) in [6.45, 7) is 1.62. The normalized spacial score (nSPS) is 12.6. The molecule has 1 rings (SSSR count). The van der Waals surface area contributed by atoms with Crippen LogP contribution in [0.25, 0.3) is 0 Å². The maximum atomic E-state index is 13.0. The summed E-state index contributed by atoms with van der Waals surface area (Å²) in [6, 6.07) is 2.50. The van der Waals surface area contributed by atoms with Crippen LogP contribution in [0, 0.1) is 5.82 Å². The minimum absolute atomic E-state index is 0.225. The second-order valence-corrected chi connectivity index (χ2v) is 3.54. The Morgan fingerprint density at radius 3 is 2.71 bits per heavy atom. The van der Waals surface area contributed by atoms with Crippen molar-refractivity contribution in [2.45, 2.75) is 19.4 Å². The van der Waals surface area contributed by atoms with E-state index in [9.17, 15) is 9.50 Å². The third-order valence-electron chi connectivity index (χ3n) is 1.80. The standard InChI is InChI=1S/C10H12ClFO2/c1-6(13)3-7-4-8(12)5-9(11)10(7)14-2/h4-6,13H,3H2,1-2H3. The van der Waals surface area contributed by atoms with Gasteiger partial charge in [0.15, 0.2) is 0 Å². The number of aliphatic hydroxyl groups excluding tert-OH is 1. The summed E-state index contributed by atoms with van der Waals surface area (Å²) in [5, 5.41) is 9.41. The van der Waals surface area contributed by atoms with Gasteiger partial charge in [0.1, 0.15) is 11.6 Å². The molecule has 14 heavy (non-hydrogen) atoms. The molecule has 0 aliphatic rings. The third kappa shape index (κ3) is 2.59. The van der Waals surface area contributed by atoms with Crippen LogP contribution < -0.4 is 4.74 Å². The average Bonchev–Trinajstić information content (AvgIpc) is 2.01. The summed E-state index contributed by atoms with van der Waals surface area (Å²) in [5.74, 6) is 0.000386. The van der Waals surface area contributed by atoms with E-state index in [1.165, 1.54) is 19.2 Å². The largest absolute Gasteiger partial charge is 0.495 e. The molecule has 78 valence electrons. The zero-order valence-corrected chi connectivity index (χ0v) is 8.81. The summed E-state index contributed by atoms with van der Waals surface area (Å²) < 4.78 is 18.0. The van der Waals surface area contributed by atoms with Gasteiger partial charge in [0.25, 0.3) is 0 Å². The molecule has 0 saturated heterocycles. The minimum atomic E-state index is -0.554. The van der Waals surface area contributed by atoms with Gasteiger partial charge in [0.2, 0.25) is 0 Å². The number of rotatable bonds is 3. The van der Waals surface area contributed by atoms with Gasteiger partial charge in [0, 0.05) is 12.0 Å². The first kappa shape index (κ1) is 11.3. The summed E-state index contributed by atoms with van der Waals surface area (Å²) in [4.78, 5) is 0. The molecule has 0 aliphatic carbocycles. The van der Waals surface area contributed by atoms with E-state index in [2.05, 4.69) is 0 Å². The van der Waals surface area contributed by atoms with Crippen LogP contribution in [0.4, 0.5) is 4.39 Å². The number of hydrogen-bond donors (Lipinski definition) is 1. The monoisotopic (exact) mass is 218 g/mol. The fourth-order valence-corrected chi connectivity index (χ4v) is 1.61. The Bertz CT molecular complexity index is 326. The predicted molar refractivity (Wildman–Crippen MR) is 53.3 cm³/mol. The van der Waals surface area contributed by atoms with Crippen LogP contribution in [0.5, 0.6) is 5.75 Å². The molecule has 0 saturated carbocycles. The van der Waals surface area contributed by atoms with Gasteiger partial charge >= 0.3 is 0 Å². The van der Waals surface area contributed by atoms with Crippen LogP contribution in [0.1, 0.15) is 12.5 Å². The van der Waals surface area contributed by atoms with Crippen molar-refractivity contribution in [2.75, 3.05) is 7.11 Å². The molecule has 1 atom stereocenters. The fourth-order valence-electron chi connectivity index (χ4n) is 1.31. The molecule has 0 fully saturated rings. The molecular formula is C10H12ClFO2. The van der Waals surface area contributed by atoms with Gasteiger partial charge in [-0.15, -0.1) is 0 Å². The van der Waals surface area contributed by atoms with Gasteiger partial charge in [0.05, 0.1) is 18.2 Å². The molecule has 0 amide bonds. The molecule has 0 radical (unpaired) electrons. The van der Waals surface area contributed by atoms with Gasteiger partial charge in [-0.2, -0.15) is 0 Å². The molecule has 0 heterocycles. The second-order valence-electron chi connectivity index (χ2n) is 3.13. The quantitative estimate of drug-likeness (QED) is 0.844. The molecule has 1 unspecified atom stereocenters. The van der Waals surface area contributed by atoms with Crippen LogP contribution >= 0.6 is 11.6 Å². The molecule has 1 aromatic carbocycles. The molecule has 1 N–H and O–H groups in total. The van der Waals surface area contributed by atoms with Crippen LogP contribution in [-0.2, 0) is 6.42 Å². The van der Waals surface area contributed by atoms with Crippen molar-refractivity contribution in [1.82, 2.24) is 0 Å². The zero-order chi connectivity index (χ0) is 10.7. The van der Waals surface area contributed by atoms with Gasteiger partial charge in [-0.05, 0) is 19.1 Å². The Balaban J connectivity index is 3.11. The Morgan fingerprint density at radius 2 is 2.21 bits per heavy atom. The van der Waals surface area contributed by atoms with Crippen LogP contribution in [0.2, 0.25) is 5.02 Å². The lowest BCUT2D eigenvalue weighted by Gasteiger charge is -2.11. The van der Waals surface area contributed by atoms with Crippen molar-refractivity contribution in [3.8, 4) is 5.75 Å². The molecule has 1 aromatic rings. The lowest BCUT2D eigenvalue weighted by Crippen LogP contribution is -2.06. The Hall–Kier alpha value is -0.800. The van der Waals surface area contributed by atoms with Crippen molar-refractivity contribution < 1.29 is 14.2 Å². The maximum absolute atomic E-state index is 13.0. The van der Waals surface area contributed by atoms with Crippen LogP contribution in [-0.4, -0.2) is 18.3 Å². The van der Waals surface area contributed by atoms with E-state index in [0.29, 0.717) is 17.7 Å². The number of ether oxygens (including phenoxy) is 1. The second kappa shape index (κ2) is 4.62. The van der Waals surface area contributed by atoms with Crippen molar-refractivity contribution >= 4 is 11.6 Å². The summed E-state index contributed by atoms with van der Waals surface area (Å²) in [5.41, 5.74) is 0.576. The first-order chi connectivity index (χ1) is 6.54. The fraction of sp³-hybridized carbons (Fsp3) is 0.400. The lowest BCUT2D eigenvalue weighted by molar-refractivity contribution is 0.194. The van der Waals surface area contributed by atoms with Crippen molar-refractivity contribution in [3.63, 3.8) is 0 Å². The van der Waals surface area contributed by atoms with Crippen LogP contribution in [0.3, 0.4) is 0 Å². The summed E-state index contributed by atoms with van der Waals surface area (Å²) in [6.07, 6.45) is -0.234. The number of hydrogen-bond acceptors (Lipinski definition) is 2. The van der Waals surface area contributed by atoms with E-state index in [1.54, 1.807) is 6.92 Å². The van der Waals surface area contributed by atoms with E-state index >= 15 is 0 Å². The Labute approximate surface area is 87.3 Å². The van der Waals surface area contributed by atoms with Gasteiger partial charge < -0.3 is 9.84 Å². The van der Waals surface area contributed by atoms with E-state index in [4.69, 9.17) is 16.3 Å². The maximum Gasteiger partial charge on any atom is 0.140 e. The predicted octanol–water partition coefficient (Wildman–Crippen LogP) is 2.41. The number of aliphatic hydroxyl groups is 1. The topological polar surface area (TPSA) is 29.5 Å². The highest BCUT2D eigenvalue weighted by Gasteiger charge is 2.11. The van der Waals surface area contributed by atoms with E-state index in [0.717, 1.165) is 0 Å². The molecule has 0 aliphatic heterocycles. The van der Waals surface area contributed by atoms with Crippen molar-refractivity contribution in [3.05, 3.63) is 28.5 Å². The number of halogens is 2. The van der Waals surface area contributed by atoms with Crippen molar-refractivity contribution in [1.29, 1.82) is 0 Å². The van der Waals surface area contributed by atoms with E-state index < -0.39 is 11.9 Å². The summed E-state index contributed by atoms with van der Waals surface area (Å²) in [7, 11) is 1.46. The number of benzene rings is 1. The first-order valence-electron chi connectivity index (χ1n) is 4.24. The average molecular weight is 219 g/mol. The first-order valence-corrected chi connectivity index (χ1v) is 4.62. The molecule has 0 bridgehead atoms. The molecule has 0 aromatic heterocycles. The highest BCUT2D eigenvalue weighted by atomic mass is 35.5. The zero-order valence-electron chi connectivity index (χ0n) is 8.05. The Kier molecular flexibility index (Phi) is 3.72. The van der Waals surface area contributed by atoms with Gasteiger partial charge in [-0.25, -0.2) is 4.39 Å². The highest BCUT2D eigenvalue weighted by molar-refractivity contribution is 6.32. The minimum Gasteiger partial charge on any atom is -0.495 e. The van der Waals surface area contributed by atoms with Gasteiger partial charge in [-0.3, -0.25) is 0 Å². The SMILES string of the molecule is COc1c(Cl)cc(F)cc1CC(C)O. The Morgan fingerprint density at radius 1 is 1.57 bits per heavy atom. The molecule has 2 nitrogen and oxygen atoms in total. The molecular weight excluding hydrogens is 207 g/mol. The summed E-state index contributed by atoms with van der Waals surface area (Å²) >= 11 is 5.77. The van der Waals surface area contributed by atoms with Crippen LogP contribution in [0.15, 0.2) is 12.1 Å².